The van der Waals surface area contributed by atoms with Crippen molar-refractivity contribution in [2.45, 2.75) is 20.0 Å². The molecule has 7 heteroatoms. The monoisotopic (exact) mass is 491 g/mol. The smallest absolute Gasteiger partial charge is 0.251 e. The molecular formula is C25H24Cl3NO3. The Balaban J connectivity index is 2.02. The van der Waals surface area contributed by atoms with Crippen LogP contribution in [0.2, 0.25) is 15.1 Å². The van der Waals surface area contributed by atoms with E-state index in [0.717, 1.165) is 11.1 Å². The Kier molecular flexibility index (Phi) is 8.30. The fourth-order valence-corrected chi connectivity index (χ4v) is 3.73. The number of methoxy groups -OCH3 is 1. The van der Waals surface area contributed by atoms with E-state index >= 15 is 0 Å². The minimum Gasteiger partial charge on any atom is -0.493 e. The van der Waals surface area contributed by atoms with E-state index in [2.05, 4.69) is 5.32 Å². The lowest BCUT2D eigenvalue weighted by Crippen LogP contribution is -2.27. The van der Waals surface area contributed by atoms with Gasteiger partial charge >= 0.3 is 0 Å². The summed E-state index contributed by atoms with van der Waals surface area (Å²) in [6.45, 7) is 4.65. The average Bonchev–Trinajstić information content (AvgIpc) is 2.76. The number of benzene rings is 3. The Labute approximate surface area is 203 Å². The molecule has 32 heavy (non-hydrogen) atoms. The first kappa shape index (κ1) is 24.2. The van der Waals surface area contributed by atoms with Crippen molar-refractivity contribution in [3.8, 4) is 11.5 Å². The molecule has 0 aliphatic rings. The molecule has 1 unspecified atom stereocenters. The number of rotatable bonds is 8. The van der Waals surface area contributed by atoms with Crippen molar-refractivity contribution in [1.29, 1.82) is 0 Å². The maximum absolute atomic E-state index is 12.6. The number of hydrogen-bond acceptors (Lipinski definition) is 3. The molecule has 0 fully saturated rings. The average molecular weight is 493 g/mol. The number of amides is 1. The second-order valence-corrected chi connectivity index (χ2v) is 8.96. The fourth-order valence-electron chi connectivity index (χ4n) is 3.10. The van der Waals surface area contributed by atoms with Crippen molar-refractivity contribution in [2.75, 3.05) is 13.7 Å². The predicted molar refractivity (Wildman–Crippen MR) is 131 cm³/mol. The van der Waals surface area contributed by atoms with Crippen LogP contribution in [0.15, 0.2) is 60.7 Å². The lowest BCUT2D eigenvalue weighted by Gasteiger charge is -2.23. The number of carbonyl (C=O) groups is 1. The summed E-state index contributed by atoms with van der Waals surface area (Å²) in [6.07, 6.45) is -0.583. The van der Waals surface area contributed by atoms with E-state index in [-0.39, 0.29) is 5.91 Å². The Morgan fingerprint density at radius 3 is 2.22 bits per heavy atom. The fraction of sp³-hybridized carbons (Fsp3) is 0.240. The van der Waals surface area contributed by atoms with Crippen LogP contribution >= 0.6 is 34.8 Å². The minimum atomic E-state index is -0.583. The number of nitrogens with one attached hydrogen (secondary N) is 1. The Bertz CT molecular complexity index is 1080. The molecule has 0 radical (unpaired) electrons. The molecule has 1 atom stereocenters. The van der Waals surface area contributed by atoms with E-state index in [1.807, 2.05) is 32.0 Å². The van der Waals surface area contributed by atoms with Crippen LogP contribution in [-0.4, -0.2) is 19.6 Å². The molecule has 1 amide bonds. The molecule has 0 saturated carbocycles. The SMILES string of the molecule is COc1ccc(C(=O)NCC(C)C)cc1OC(c1ccc(Cl)cc1)c1ccc(Cl)cc1Cl. The molecule has 0 aromatic heterocycles. The summed E-state index contributed by atoms with van der Waals surface area (Å²) in [5, 5.41) is 4.51. The highest BCUT2D eigenvalue weighted by molar-refractivity contribution is 6.35. The van der Waals surface area contributed by atoms with Crippen LogP contribution in [0.4, 0.5) is 0 Å². The predicted octanol–water partition coefficient (Wildman–Crippen LogP) is 7.21. The number of ether oxygens (including phenoxy) is 2. The van der Waals surface area contributed by atoms with Gasteiger partial charge in [0.1, 0.15) is 0 Å². The Morgan fingerprint density at radius 1 is 0.906 bits per heavy atom. The van der Waals surface area contributed by atoms with E-state index in [9.17, 15) is 4.79 Å². The molecule has 0 saturated heterocycles. The zero-order valence-corrected chi connectivity index (χ0v) is 20.3. The maximum atomic E-state index is 12.6. The molecule has 3 aromatic carbocycles. The zero-order chi connectivity index (χ0) is 23.3. The van der Waals surface area contributed by atoms with Crippen molar-refractivity contribution < 1.29 is 14.3 Å². The highest BCUT2D eigenvalue weighted by Crippen LogP contribution is 2.38. The number of hydrogen-bond donors (Lipinski definition) is 1. The second kappa shape index (κ2) is 11.0. The van der Waals surface area contributed by atoms with Gasteiger partial charge in [0.2, 0.25) is 0 Å². The van der Waals surface area contributed by atoms with E-state index in [0.29, 0.717) is 44.6 Å². The van der Waals surface area contributed by atoms with Gasteiger partial charge < -0.3 is 14.8 Å². The van der Waals surface area contributed by atoms with Gasteiger partial charge in [0.25, 0.3) is 5.91 Å². The number of halogens is 3. The first-order chi connectivity index (χ1) is 15.3. The van der Waals surface area contributed by atoms with Crippen LogP contribution < -0.4 is 14.8 Å². The Morgan fingerprint density at radius 2 is 1.59 bits per heavy atom. The van der Waals surface area contributed by atoms with Crippen molar-refractivity contribution >= 4 is 40.7 Å². The van der Waals surface area contributed by atoms with Crippen LogP contribution in [0.3, 0.4) is 0 Å². The lowest BCUT2D eigenvalue weighted by molar-refractivity contribution is 0.0948. The van der Waals surface area contributed by atoms with Crippen LogP contribution in [0.1, 0.15) is 41.4 Å². The van der Waals surface area contributed by atoms with E-state index < -0.39 is 6.10 Å². The third-order valence-corrected chi connectivity index (χ3v) is 5.57. The molecule has 0 spiro atoms. The van der Waals surface area contributed by atoms with Gasteiger partial charge in [-0.05, 0) is 53.9 Å². The summed E-state index contributed by atoms with van der Waals surface area (Å²) >= 11 is 18.7. The third kappa shape index (κ3) is 6.10. The summed E-state index contributed by atoms with van der Waals surface area (Å²) in [6, 6.07) is 17.6. The molecule has 0 aliphatic heterocycles. The topological polar surface area (TPSA) is 47.6 Å². The first-order valence-electron chi connectivity index (χ1n) is 10.1. The molecule has 3 aromatic rings. The van der Waals surface area contributed by atoms with Crippen LogP contribution in [0.5, 0.6) is 11.5 Å². The van der Waals surface area contributed by atoms with Gasteiger partial charge in [-0.1, -0.05) is 66.8 Å². The zero-order valence-electron chi connectivity index (χ0n) is 18.0. The van der Waals surface area contributed by atoms with Crippen LogP contribution in [-0.2, 0) is 0 Å². The largest absolute Gasteiger partial charge is 0.493 e. The highest BCUT2D eigenvalue weighted by atomic mass is 35.5. The molecule has 4 nitrogen and oxygen atoms in total. The molecule has 0 bridgehead atoms. The van der Waals surface area contributed by atoms with E-state index in [4.69, 9.17) is 44.3 Å². The molecular weight excluding hydrogens is 469 g/mol. The highest BCUT2D eigenvalue weighted by Gasteiger charge is 2.22. The van der Waals surface area contributed by atoms with E-state index in [1.54, 1.807) is 49.6 Å². The summed E-state index contributed by atoms with van der Waals surface area (Å²) in [7, 11) is 1.55. The maximum Gasteiger partial charge on any atom is 0.251 e. The quantitative estimate of drug-likeness (QED) is 0.361. The first-order valence-corrected chi connectivity index (χ1v) is 11.2. The van der Waals surface area contributed by atoms with Crippen molar-refractivity contribution in [2.24, 2.45) is 5.92 Å². The van der Waals surface area contributed by atoms with Gasteiger partial charge in [0, 0.05) is 32.7 Å². The summed E-state index contributed by atoms with van der Waals surface area (Å²) in [5.41, 5.74) is 2.02. The Hall–Kier alpha value is -2.40. The van der Waals surface area contributed by atoms with Gasteiger partial charge in [0.15, 0.2) is 17.6 Å². The second-order valence-electron chi connectivity index (χ2n) is 7.68. The van der Waals surface area contributed by atoms with E-state index in [1.165, 1.54) is 0 Å². The van der Waals surface area contributed by atoms with Gasteiger partial charge in [0.05, 0.1) is 7.11 Å². The van der Waals surface area contributed by atoms with Gasteiger partial charge in [-0.3, -0.25) is 4.79 Å². The van der Waals surface area contributed by atoms with Crippen molar-refractivity contribution in [3.05, 3.63) is 92.4 Å². The molecule has 3 rings (SSSR count). The normalized spacial score (nSPS) is 11.8. The van der Waals surface area contributed by atoms with Gasteiger partial charge in [-0.25, -0.2) is 0 Å². The standard InChI is InChI=1S/C25H24Cl3NO3/c1-15(2)14-29-25(30)17-6-11-22(31-3)23(12-17)32-24(16-4-7-18(26)8-5-16)20-10-9-19(27)13-21(20)28/h4-13,15,24H,14H2,1-3H3,(H,29,30). The summed E-state index contributed by atoms with van der Waals surface area (Å²) < 4.78 is 11.9. The summed E-state index contributed by atoms with van der Waals surface area (Å²) in [4.78, 5) is 12.6. The van der Waals surface area contributed by atoms with Crippen LogP contribution in [0, 0.1) is 5.92 Å². The number of carbonyl (C=O) groups excluding carboxylic acids is 1. The third-order valence-electron chi connectivity index (χ3n) is 4.76. The van der Waals surface area contributed by atoms with Gasteiger partial charge in [-0.2, -0.15) is 0 Å². The van der Waals surface area contributed by atoms with Crippen molar-refractivity contribution in [1.82, 2.24) is 5.32 Å². The molecule has 0 aliphatic carbocycles. The molecule has 168 valence electrons. The van der Waals surface area contributed by atoms with Gasteiger partial charge in [-0.15, -0.1) is 0 Å². The summed E-state index contributed by atoms with van der Waals surface area (Å²) in [5.74, 6) is 1.07. The molecule has 0 heterocycles. The molecule has 1 N–H and O–H groups in total. The van der Waals surface area contributed by atoms with Crippen LogP contribution in [0.25, 0.3) is 0 Å². The minimum absolute atomic E-state index is 0.182. The van der Waals surface area contributed by atoms with Crippen molar-refractivity contribution in [3.63, 3.8) is 0 Å². The lowest BCUT2D eigenvalue weighted by atomic mass is 10.0.